The number of thiophene rings is 1. The summed E-state index contributed by atoms with van der Waals surface area (Å²) in [5, 5.41) is 5.13. The zero-order valence-electron chi connectivity index (χ0n) is 23.8. The van der Waals surface area contributed by atoms with E-state index < -0.39 is 0 Å². The van der Waals surface area contributed by atoms with E-state index in [1.165, 1.54) is 75.8 Å². The van der Waals surface area contributed by atoms with Crippen LogP contribution in [0, 0.1) is 0 Å². The Balaban J connectivity index is 1.35. The summed E-state index contributed by atoms with van der Waals surface area (Å²) in [6.45, 7) is 0. The Morgan fingerprint density at radius 1 is 0.419 bits per heavy atom. The van der Waals surface area contributed by atoms with Crippen molar-refractivity contribution in [2.75, 3.05) is 0 Å². The predicted octanol–water partition coefficient (Wildman–Crippen LogP) is 12.5. The van der Waals surface area contributed by atoms with Crippen molar-refractivity contribution < 1.29 is 0 Å². The Morgan fingerprint density at radius 2 is 0.930 bits per heavy atom. The van der Waals surface area contributed by atoms with Crippen LogP contribution in [0.4, 0.5) is 0 Å². The molecule has 0 saturated carbocycles. The highest BCUT2D eigenvalue weighted by Gasteiger charge is 2.24. The molecule has 0 N–H and O–H groups in total. The molecule has 0 aliphatic heterocycles. The summed E-state index contributed by atoms with van der Waals surface area (Å²) in [6, 6.07) is 50.9. The maximum atomic E-state index is 2.42. The lowest BCUT2D eigenvalue weighted by atomic mass is 9.88. The molecule has 0 radical (unpaired) electrons. The second kappa shape index (κ2) is 11.0. The first-order valence-electron chi connectivity index (χ1n) is 15.0. The van der Waals surface area contributed by atoms with E-state index in [1.807, 2.05) is 11.3 Å². The second-order valence-electron chi connectivity index (χ2n) is 11.2. The Morgan fingerprint density at radius 3 is 1.56 bits per heavy atom. The normalized spacial score (nSPS) is 13.0. The first-order valence-corrected chi connectivity index (χ1v) is 15.8. The largest absolute Gasteiger partial charge is 0.134 e. The summed E-state index contributed by atoms with van der Waals surface area (Å²) < 4.78 is 0. The van der Waals surface area contributed by atoms with Crippen molar-refractivity contribution in [3.05, 3.63) is 163 Å². The van der Waals surface area contributed by atoms with Crippen LogP contribution >= 0.6 is 11.3 Å². The molecule has 6 aromatic carbocycles. The predicted molar refractivity (Wildman–Crippen MR) is 187 cm³/mol. The molecule has 0 amide bonds. The van der Waals surface area contributed by atoms with Crippen LogP contribution in [0.15, 0.2) is 158 Å². The van der Waals surface area contributed by atoms with Gasteiger partial charge >= 0.3 is 0 Å². The van der Waals surface area contributed by atoms with Crippen LogP contribution in [0.5, 0.6) is 0 Å². The van der Waals surface area contributed by atoms with E-state index in [0.717, 1.165) is 12.8 Å². The molecule has 1 heterocycles. The molecule has 0 nitrogen and oxygen atoms in total. The third-order valence-corrected chi connectivity index (χ3v) is 9.79. The number of rotatable bonds is 5. The number of hydrogen-bond acceptors (Lipinski definition) is 1. The van der Waals surface area contributed by atoms with Crippen molar-refractivity contribution in [3.8, 4) is 43.1 Å². The number of hydrogen-bond donors (Lipinski definition) is 0. The molecule has 1 aliphatic rings. The van der Waals surface area contributed by atoms with Gasteiger partial charge in [-0.3, -0.25) is 0 Å². The lowest BCUT2D eigenvalue weighted by molar-refractivity contribution is 1.04. The number of fused-ring (bicyclic) bond motifs is 2. The lowest BCUT2D eigenvalue weighted by Gasteiger charge is -2.15. The maximum Gasteiger partial charge on any atom is 0.0434 e. The quantitative estimate of drug-likeness (QED) is 0.182. The Kier molecular flexibility index (Phi) is 6.59. The fourth-order valence-corrected chi connectivity index (χ4v) is 7.85. The van der Waals surface area contributed by atoms with Crippen LogP contribution < -0.4 is 0 Å². The van der Waals surface area contributed by atoms with Crippen molar-refractivity contribution >= 4 is 38.5 Å². The van der Waals surface area contributed by atoms with Gasteiger partial charge in [0, 0.05) is 20.9 Å². The zero-order chi connectivity index (χ0) is 28.6. The molecule has 0 fully saturated rings. The van der Waals surface area contributed by atoms with Gasteiger partial charge in [-0.1, -0.05) is 152 Å². The molecule has 0 saturated heterocycles. The van der Waals surface area contributed by atoms with Crippen molar-refractivity contribution in [3.63, 3.8) is 0 Å². The fourth-order valence-electron chi connectivity index (χ4n) is 6.49. The molecule has 7 aromatic rings. The summed E-state index contributed by atoms with van der Waals surface area (Å²) in [5.74, 6) is 0. The number of benzene rings is 6. The monoisotopic (exact) mass is 566 g/mol. The SMILES string of the molecule is C1=CC(c2c(-c3ccc(-c4c5ccccc5cc5ccccc45)cc3)sc(-c3ccccc3)c2-c2ccccc2)=CCC1. The van der Waals surface area contributed by atoms with Gasteiger partial charge in [-0.2, -0.15) is 0 Å². The second-order valence-corrected chi connectivity index (χ2v) is 12.2. The van der Waals surface area contributed by atoms with E-state index in [1.54, 1.807) is 0 Å². The summed E-state index contributed by atoms with van der Waals surface area (Å²) in [5.41, 5.74) is 10.3. The van der Waals surface area contributed by atoms with Crippen molar-refractivity contribution in [2.45, 2.75) is 12.8 Å². The molecule has 1 aromatic heterocycles. The molecule has 0 unspecified atom stereocenters. The third-order valence-electron chi connectivity index (χ3n) is 8.50. The molecular formula is C42H30S. The van der Waals surface area contributed by atoms with Gasteiger partial charge in [-0.25, -0.2) is 0 Å². The summed E-state index contributed by atoms with van der Waals surface area (Å²) in [6.07, 6.45) is 9.24. The van der Waals surface area contributed by atoms with E-state index in [0.29, 0.717) is 0 Å². The van der Waals surface area contributed by atoms with Crippen molar-refractivity contribution in [2.24, 2.45) is 0 Å². The van der Waals surface area contributed by atoms with E-state index in [2.05, 4.69) is 158 Å². The van der Waals surface area contributed by atoms with Crippen LogP contribution in [0.25, 0.3) is 70.3 Å². The summed E-state index contributed by atoms with van der Waals surface area (Å²) in [7, 11) is 0. The zero-order valence-corrected chi connectivity index (χ0v) is 24.7. The molecule has 1 aliphatic carbocycles. The smallest absolute Gasteiger partial charge is 0.0434 e. The maximum absolute atomic E-state index is 2.42. The average Bonchev–Trinajstić information content (AvgIpc) is 3.49. The Bertz CT molecular complexity index is 2090. The highest BCUT2D eigenvalue weighted by Crippen LogP contribution is 2.51. The third kappa shape index (κ3) is 4.63. The standard InChI is InChI=1S/C42H30S/c1-4-14-29(15-5-1)39-40(30-16-6-2-7-17-30)42(43-41(39)32-18-8-3-9-19-32)33-26-24-31(25-27-33)38-36-22-12-10-20-34(36)28-35-21-11-13-23-37(35)38/h1,3-6,8-28H,2,7H2. The first-order chi connectivity index (χ1) is 21.3. The highest BCUT2D eigenvalue weighted by atomic mass is 32.1. The van der Waals surface area contributed by atoms with Gasteiger partial charge < -0.3 is 0 Å². The van der Waals surface area contributed by atoms with Gasteiger partial charge in [0.25, 0.3) is 0 Å². The average molecular weight is 567 g/mol. The lowest BCUT2D eigenvalue weighted by Crippen LogP contribution is -1.91. The van der Waals surface area contributed by atoms with Gasteiger partial charge in [0.2, 0.25) is 0 Å². The first kappa shape index (κ1) is 25.7. The highest BCUT2D eigenvalue weighted by molar-refractivity contribution is 7.20. The van der Waals surface area contributed by atoms with Crippen LogP contribution in [0.3, 0.4) is 0 Å². The minimum absolute atomic E-state index is 1.07. The molecule has 43 heavy (non-hydrogen) atoms. The number of allylic oxidation sites excluding steroid dienone is 4. The summed E-state index contributed by atoms with van der Waals surface area (Å²) >= 11 is 1.91. The topological polar surface area (TPSA) is 0 Å². The van der Waals surface area contributed by atoms with Gasteiger partial charge in [0.05, 0.1) is 0 Å². The molecule has 8 rings (SSSR count). The van der Waals surface area contributed by atoms with Crippen LogP contribution in [-0.4, -0.2) is 0 Å². The van der Waals surface area contributed by atoms with Crippen molar-refractivity contribution in [1.82, 2.24) is 0 Å². The molecule has 0 atom stereocenters. The van der Waals surface area contributed by atoms with Gasteiger partial charge in [-0.15, -0.1) is 11.3 Å². The van der Waals surface area contributed by atoms with Gasteiger partial charge in [0.15, 0.2) is 0 Å². The molecule has 1 heteroatoms. The van der Waals surface area contributed by atoms with Crippen molar-refractivity contribution in [1.29, 1.82) is 0 Å². The van der Waals surface area contributed by atoms with Gasteiger partial charge in [-0.05, 0) is 73.8 Å². The van der Waals surface area contributed by atoms with Gasteiger partial charge in [0.1, 0.15) is 0 Å². The van der Waals surface area contributed by atoms with Crippen LogP contribution in [0.2, 0.25) is 0 Å². The van der Waals surface area contributed by atoms with E-state index in [9.17, 15) is 0 Å². The minimum atomic E-state index is 1.07. The van der Waals surface area contributed by atoms with Crippen LogP contribution in [0.1, 0.15) is 18.4 Å². The van der Waals surface area contributed by atoms with E-state index >= 15 is 0 Å². The molecule has 0 spiro atoms. The fraction of sp³-hybridized carbons (Fsp3) is 0.0476. The molecule has 0 bridgehead atoms. The summed E-state index contributed by atoms with van der Waals surface area (Å²) in [4.78, 5) is 2.64. The minimum Gasteiger partial charge on any atom is -0.134 e. The molecular weight excluding hydrogens is 537 g/mol. The molecule has 204 valence electrons. The van der Waals surface area contributed by atoms with Crippen LogP contribution in [-0.2, 0) is 0 Å². The van der Waals surface area contributed by atoms with E-state index in [-0.39, 0.29) is 0 Å². The Labute approximate surface area is 256 Å². The van der Waals surface area contributed by atoms with E-state index in [4.69, 9.17) is 0 Å². The Hall–Kier alpha value is -4.98.